The van der Waals surface area contributed by atoms with Crippen molar-refractivity contribution in [1.82, 2.24) is 9.55 Å². The van der Waals surface area contributed by atoms with Gasteiger partial charge in [0, 0.05) is 23.9 Å². The van der Waals surface area contributed by atoms with E-state index in [1.54, 1.807) is 24.3 Å². The molecule has 0 saturated carbocycles. The molecule has 0 unspecified atom stereocenters. The molecule has 0 radical (unpaired) electrons. The molecule has 2 N–H and O–H groups in total. The minimum absolute atomic E-state index is 0.0625. The summed E-state index contributed by atoms with van der Waals surface area (Å²) in [5.41, 5.74) is 0.634. The zero-order chi connectivity index (χ0) is 20.3. The number of carbonyl (C=O) groups excluding carboxylic acids is 2. The molecule has 1 amide bonds. The number of nitrogens with one attached hydrogen (secondary N) is 2. The van der Waals surface area contributed by atoms with E-state index in [9.17, 15) is 19.2 Å². The number of anilines is 1. The van der Waals surface area contributed by atoms with Crippen molar-refractivity contribution in [3.8, 4) is 0 Å². The molecule has 0 atom stereocenters. The maximum absolute atomic E-state index is 12.5. The average molecular weight is 381 g/mol. The van der Waals surface area contributed by atoms with Crippen LogP contribution in [0.4, 0.5) is 5.69 Å². The molecule has 0 aliphatic rings. The third kappa shape index (κ3) is 3.91. The Kier molecular flexibility index (Phi) is 5.51. The molecular formula is C20H19N3O5. The number of hydrogen-bond donors (Lipinski definition) is 2. The first-order valence-corrected chi connectivity index (χ1v) is 8.59. The van der Waals surface area contributed by atoms with E-state index in [1.165, 1.54) is 32.2 Å². The second kappa shape index (κ2) is 8.01. The quantitative estimate of drug-likeness (QED) is 0.633. The molecule has 0 aliphatic carbocycles. The van der Waals surface area contributed by atoms with Crippen molar-refractivity contribution in [3.63, 3.8) is 0 Å². The number of benzene rings is 2. The first-order valence-electron chi connectivity index (χ1n) is 8.59. The zero-order valence-electron chi connectivity index (χ0n) is 15.4. The lowest BCUT2D eigenvalue weighted by molar-refractivity contribution is 0.101. The lowest BCUT2D eigenvalue weighted by Crippen LogP contribution is -2.36. The molecule has 0 saturated heterocycles. The Morgan fingerprint density at radius 3 is 2.39 bits per heavy atom. The van der Waals surface area contributed by atoms with Crippen LogP contribution >= 0.6 is 0 Å². The first-order chi connectivity index (χ1) is 13.4. The molecule has 0 fully saturated rings. The number of Topliss-reactive ketones (excluding diaryl/α,β-unsaturated/α-hetero) is 1. The van der Waals surface area contributed by atoms with Crippen molar-refractivity contribution < 1.29 is 14.3 Å². The van der Waals surface area contributed by atoms with Crippen molar-refractivity contribution in [2.45, 2.75) is 13.5 Å². The summed E-state index contributed by atoms with van der Waals surface area (Å²) in [7, 11) is 1.48. The van der Waals surface area contributed by atoms with Crippen molar-refractivity contribution in [3.05, 3.63) is 74.4 Å². The summed E-state index contributed by atoms with van der Waals surface area (Å²) in [5.74, 6) is -0.464. The minimum Gasteiger partial charge on any atom is -0.383 e. The molecule has 0 aliphatic heterocycles. The van der Waals surface area contributed by atoms with Gasteiger partial charge in [-0.3, -0.25) is 19.0 Å². The van der Waals surface area contributed by atoms with Gasteiger partial charge in [0.2, 0.25) is 0 Å². The molecule has 8 nitrogen and oxygen atoms in total. The van der Waals surface area contributed by atoms with E-state index >= 15 is 0 Å². The fourth-order valence-electron chi connectivity index (χ4n) is 2.77. The summed E-state index contributed by atoms with van der Waals surface area (Å²) < 4.78 is 5.97. The van der Waals surface area contributed by atoms with Gasteiger partial charge in [-0.1, -0.05) is 0 Å². The van der Waals surface area contributed by atoms with Crippen LogP contribution in [0.15, 0.2) is 52.1 Å². The largest absolute Gasteiger partial charge is 0.383 e. The zero-order valence-corrected chi connectivity index (χ0v) is 15.4. The first kappa shape index (κ1) is 19.2. The number of fused-ring (bicyclic) bond motifs is 1. The van der Waals surface area contributed by atoms with Gasteiger partial charge in [-0.05, 0) is 49.4 Å². The van der Waals surface area contributed by atoms with Crippen LogP contribution in [0.25, 0.3) is 10.9 Å². The number of hydrogen-bond acceptors (Lipinski definition) is 5. The molecule has 144 valence electrons. The molecule has 3 rings (SSSR count). The number of rotatable bonds is 6. The number of aromatic amines is 1. The van der Waals surface area contributed by atoms with Gasteiger partial charge in [0.15, 0.2) is 5.78 Å². The summed E-state index contributed by atoms with van der Waals surface area (Å²) in [5, 5.41) is 3.02. The molecule has 28 heavy (non-hydrogen) atoms. The number of ketones is 1. The van der Waals surface area contributed by atoms with Gasteiger partial charge < -0.3 is 15.0 Å². The van der Waals surface area contributed by atoms with Crippen LogP contribution in [-0.4, -0.2) is 35.0 Å². The van der Waals surface area contributed by atoms with Crippen LogP contribution in [0.2, 0.25) is 0 Å². The van der Waals surface area contributed by atoms with Gasteiger partial charge >= 0.3 is 5.69 Å². The Morgan fingerprint density at radius 2 is 1.75 bits per heavy atom. The van der Waals surface area contributed by atoms with Crippen molar-refractivity contribution >= 4 is 28.3 Å². The van der Waals surface area contributed by atoms with Gasteiger partial charge in [-0.15, -0.1) is 0 Å². The van der Waals surface area contributed by atoms with Crippen LogP contribution < -0.4 is 16.6 Å². The molecule has 1 aromatic heterocycles. The number of nitrogens with zero attached hydrogens (tertiary/aromatic N) is 1. The number of aromatic nitrogens is 2. The maximum atomic E-state index is 12.5. The van der Waals surface area contributed by atoms with E-state index in [4.69, 9.17) is 4.74 Å². The fraction of sp³-hybridized carbons (Fsp3) is 0.200. The Balaban J connectivity index is 1.89. The van der Waals surface area contributed by atoms with Crippen LogP contribution in [0.1, 0.15) is 27.6 Å². The number of amides is 1. The number of carbonyl (C=O) groups is 2. The highest BCUT2D eigenvalue weighted by atomic mass is 16.5. The Bertz CT molecular complexity index is 1160. The standard InChI is InChI=1S/C20H19N3O5/c1-12(24)13-3-6-15(7-4-13)21-18(25)14-5-8-16-17(11-14)22-20(27)23(19(16)26)9-10-28-2/h3-8,11H,9-10H2,1-2H3,(H,21,25)(H,22,27). The second-order valence-corrected chi connectivity index (χ2v) is 6.23. The van der Waals surface area contributed by atoms with Crippen molar-refractivity contribution in [2.75, 3.05) is 19.0 Å². The predicted molar refractivity (Wildman–Crippen MR) is 105 cm³/mol. The van der Waals surface area contributed by atoms with E-state index in [0.29, 0.717) is 16.6 Å². The van der Waals surface area contributed by atoms with E-state index in [0.717, 1.165) is 4.57 Å². The van der Waals surface area contributed by atoms with Crippen molar-refractivity contribution in [2.24, 2.45) is 0 Å². The molecule has 2 aromatic carbocycles. The van der Waals surface area contributed by atoms with E-state index < -0.39 is 17.2 Å². The molecule has 0 spiro atoms. The summed E-state index contributed by atoms with van der Waals surface area (Å²) in [4.78, 5) is 51.0. The Labute approximate surface area is 159 Å². The summed E-state index contributed by atoms with van der Waals surface area (Å²) in [6.07, 6.45) is 0. The van der Waals surface area contributed by atoms with Crippen LogP contribution in [0.3, 0.4) is 0 Å². The van der Waals surface area contributed by atoms with Gasteiger partial charge in [-0.2, -0.15) is 0 Å². The van der Waals surface area contributed by atoms with Gasteiger partial charge in [0.05, 0.1) is 24.1 Å². The van der Waals surface area contributed by atoms with Crippen molar-refractivity contribution in [1.29, 1.82) is 0 Å². The minimum atomic E-state index is -0.563. The van der Waals surface area contributed by atoms with Crippen LogP contribution in [-0.2, 0) is 11.3 Å². The second-order valence-electron chi connectivity index (χ2n) is 6.23. The monoisotopic (exact) mass is 381 g/mol. The molecule has 1 heterocycles. The van der Waals surface area contributed by atoms with Gasteiger partial charge in [0.25, 0.3) is 11.5 Å². The predicted octanol–water partition coefficient (Wildman–Crippen LogP) is 1.79. The summed E-state index contributed by atoms with van der Waals surface area (Å²) >= 11 is 0. The highest BCUT2D eigenvalue weighted by Crippen LogP contribution is 2.14. The maximum Gasteiger partial charge on any atom is 0.328 e. The van der Waals surface area contributed by atoms with Crippen LogP contribution in [0.5, 0.6) is 0 Å². The van der Waals surface area contributed by atoms with E-state index in [2.05, 4.69) is 10.3 Å². The summed E-state index contributed by atoms with van der Waals surface area (Å²) in [6.45, 7) is 1.84. The third-order valence-corrected chi connectivity index (χ3v) is 4.31. The lowest BCUT2D eigenvalue weighted by atomic mass is 10.1. The third-order valence-electron chi connectivity index (χ3n) is 4.31. The lowest BCUT2D eigenvalue weighted by Gasteiger charge is -2.08. The highest BCUT2D eigenvalue weighted by molar-refractivity contribution is 6.06. The van der Waals surface area contributed by atoms with Gasteiger partial charge in [-0.25, -0.2) is 4.79 Å². The normalized spacial score (nSPS) is 10.8. The number of H-pyrrole nitrogens is 1. The smallest absolute Gasteiger partial charge is 0.328 e. The number of methoxy groups -OCH3 is 1. The summed E-state index contributed by atoms with van der Waals surface area (Å²) in [6, 6.07) is 11.0. The Hall–Kier alpha value is -3.52. The van der Waals surface area contributed by atoms with Crippen LogP contribution in [0, 0.1) is 0 Å². The van der Waals surface area contributed by atoms with E-state index in [1.807, 2.05) is 0 Å². The fourth-order valence-corrected chi connectivity index (χ4v) is 2.77. The molecule has 3 aromatic rings. The molecule has 0 bridgehead atoms. The highest BCUT2D eigenvalue weighted by Gasteiger charge is 2.12. The van der Waals surface area contributed by atoms with Gasteiger partial charge in [0.1, 0.15) is 0 Å². The molecule has 8 heteroatoms. The topological polar surface area (TPSA) is 110 Å². The average Bonchev–Trinajstić information content (AvgIpc) is 2.67. The SMILES string of the molecule is COCCn1c(=O)[nH]c2cc(C(=O)Nc3ccc(C(C)=O)cc3)ccc2c1=O. The molecular weight excluding hydrogens is 362 g/mol. The Morgan fingerprint density at radius 1 is 1.07 bits per heavy atom. The number of ether oxygens (including phenoxy) is 1. The van der Waals surface area contributed by atoms with E-state index in [-0.39, 0.29) is 30.0 Å².